The second-order valence-electron chi connectivity index (χ2n) is 6.89. The van der Waals surface area contributed by atoms with E-state index in [0.29, 0.717) is 5.76 Å². The van der Waals surface area contributed by atoms with E-state index in [0.717, 1.165) is 42.2 Å². The fraction of sp³-hybridized carbons (Fsp3) is 0.227. The molecule has 0 bridgehead atoms. The Labute approximate surface area is 163 Å². The summed E-state index contributed by atoms with van der Waals surface area (Å²) < 4.78 is 11.0. The summed E-state index contributed by atoms with van der Waals surface area (Å²) in [5, 5.41) is 2.87. The van der Waals surface area contributed by atoms with E-state index < -0.39 is 0 Å². The molecule has 1 aliphatic rings. The summed E-state index contributed by atoms with van der Waals surface area (Å²) in [5.74, 6) is 1.32. The van der Waals surface area contributed by atoms with E-state index in [9.17, 15) is 4.79 Å². The molecule has 1 atom stereocenters. The Bertz CT molecular complexity index is 965. The van der Waals surface area contributed by atoms with Gasteiger partial charge in [-0.15, -0.1) is 0 Å². The van der Waals surface area contributed by atoms with Crippen LogP contribution < -0.4 is 20.7 Å². The number of nitrogens with one attached hydrogen (secondary N) is 1. The second kappa shape index (κ2) is 7.78. The van der Waals surface area contributed by atoms with Gasteiger partial charge in [0, 0.05) is 36.1 Å². The molecule has 1 amide bonds. The minimum Gasteiger partial charge on any atom is -0.497 e. The van der Waals surface area contributed by atoms with Crippen molar-refractivity contribution in [2.45, 2.75) is 12.5 Å². The van der Waals surface area contributed by atoms with Gasteiger partial charge in [-0.25, -0.2) is 0 Å². The molecule has 1 unspecified atom stereocenters. The van der Waals surface area contributed by atoms with Gasteiger partial charge < -0.3 is 25.1 Å². The number of hydrogen-bond acceptors (Lipinski definition) is 5. The fourth-order valence-electron chi connectivity index (χ4n) is 3.36. The van der Waals surface area contributed by atoms with E-state index in [1.807, 2.05) is 48.5 Å². The van der Waals surface area contributed by atoms with Crippen molar-refractivity contribution < 1.29 is 13.9 Å². The van der Waals surface area contributed by atoms with Crippen molar-refractivity contribution in [3.8, 4) is 17.1 Å². The van der Waals surface area contributed by atoms with Crippen LogP contribution in [-0.4, -0.2) is 32.1 Å². The number of anilines is 2. The lowest BCUT2D eigenvalue weighted by atomic mass is 10.2. The van der Waals surface area contributed by atoms with Crippen molar-refractivity contribution >= 4 is 17.3 Å². The standard InChI is InChI=1S/C22H23N3O3/c1-27-19-4-2-3-15(13-19)20-9-10-21(28-20)22(26)24-17-5-7-18(8-6-17)25-12-11-16(23)14-25/h2-10,13,16H,11-12,14,23H2,1H3,(H,24,26). The molecule has 4 rings (SSSR count). The average molecular weight is 377 g/mol. The molecule has 2 aromatic carbocycles. The summed E-state index contributed by atoms with van der Waals surface area (Å²) in [6.07, 6.45) is 1.01. The van der Waals surface area contributed by atoms with Gasteiger partial charge in [-0.05, 0) is 55.0 Å². The number of methoxy groups -OCH3 is 1. The maximum absolute atomic E-state index is 12.5. The Morgan fingerprint density at radius 2 is 2.00 bits per heavy atom. The highest BCUT2D eigenvalue weighted by molar-refractivity contribution is 6.02. The molecular weight excluding hydrogens is 354 g/mol. The van der Waals surface area contributed by atoms with Crippen molar-refractivity contribution in [2.75, 3.05) is 30.4 Å². The number of nitrogens with zero attached hydrogens (tertiary/aromatic N) is 1. The van der Waals surface area contributed by atoms with Crippen molar-refractivity contribution in [3.63, 3.8) is 0 Å². The number of nitrogens with two attached hydrogens (primary N) is 1. The molecule has 1 aliphatic heterocycles. The van der Waals surface area contributed by atoms with Gasteiger partial charge >= 0.3 is 0 Å². The molecule has 6 heteroatoms. The van der Waals surface area contributed by atoms with Crippen molar-refractivity contribution in [1.82, 2.24) is 0 Å². The molecule has 0 aliphatic carbocycles. The van der Waals surface area contributed by atoms with E-state index in [2.05, 4.69) is 10.2 Å². The van der Waals surface area contributed by atoms with E-state index in [-0.39, 0.29) is 17.7 Å². The Balaban J connectivity index is 1.43. The number of carbonyl (C=O) groups is 1. The van der Waals surface area contributed by atoms with E-state index in [1.54, 1.807) is 19.2 Å². The highest BCUT2D eigenvalue weighted by Crippen LogP contribution is 2.26. The summed E-state index contributed by atoms with van der Waals surface area (Å²) in [5.41, 5.74) is 8.65. The molecule has 1 fully saturated rings. The maximum atomic E-state index is 12.5. The third-order valence-corrected chi connectivity index (χ3v) is 4.90. The molecule has 144 valence electrons. The minimum atomic E-state index is -0.287. The van der Waals surface area contributed by atoms with Gasteiger partial charge in [0.15, 0.2) is 5.76 Å². The van der Waals surface area contributed by atoms with Crippen LogP contribution in [0.4, 0.5) is 11.4 Å². The SMILES string of the molecule is COc1cccc(-c2ccc(C(=O)Nc3ccc(N4CCC(N)C4)cc3)o2)c1. The molecule has 0 saturated carbocycles. The van der Waals surface area contributed by atoms with Gasteiger partial charge in [0.1, 0.15) is 11.5 Å². The minimum absolute atomic E-state index is 0.233. The van der Waals surface area contributed by atoms with Crippen LogP contribution in [0.2, 0.25) is 0 Å². The van der Waals surface area contributed by atoms with Crippen LogP contribution in [0.1, 0.15) is 17.0 Å². The molecular formula is C22H23N3O3. The first-order valence-electron chi connectivity index (χ1n) is 9.28. The molecule has 0 radical (unpaired) electrons. The molecule has 28 heavy (non-hydrogen) atoms. The number of amides is 1. The number of hydrogen-bond donors (Lipinski definition) is 2. The van der Waals surface area contributed by atoms with E-state index >= 15 is 0 Å². The third-order valence-electron chi connectivity index (χ3n) is 4.90. The predicted molar refractivity (Wildman–Crippen MR) is 110 cm³/mol. The van der Waals surface area contributed by atoms with Crippen LogP contribution in [0.5, 0.6) is 5.75 Å². The van der Waals surface area contributed by atoms with Crippen molar-refractivity contribution in [2.24, 2.45) is 5.73 Å². The van der Waals surface area contributed by atoms with E-state index in [4.69, 9.17) is 14.9 Å². The van der Waals surface area contributed by atoms with Crippen molar-refractivity contribution in [1.29, 1.82) is 0 Å². The Kier molecular flexibility index (Phi) is 5.04. The topological polar surface area (TPSA) is 80.7 Å². The molecule has 0 spiro atoms. The highest BCUT2D eigenvalue weighted by atomic mass is 16.5. The quantitative estimate of drug-likeness (QED) is 0.708. The lowest BCUT2D eigenvalue weighted by Crippen LogP contribution is -2.26. The van der Waals surface area contributed by atoms with Crippen LogP contribution in [-0.2, 0) is 0 Å². The number of ether oxygens (including phenoxy) is 1. The Hall–Kier alpha value is -3.25. The van der Waals surface area contributed by atoms with Crippen LogP contribution in [0.15, 0.2) is 65.1 Å². The second-order valence-corrected chi connectivity index (χ2v) is 6.89. The monoisotopic (exact) mass is 377 g/mol. The lowest BCUT2D eigenvalue weighted by molar-refractivity contribution is 0.0997. The van der Waals surface area contributed by atoms with E-state index in [1.165, 1.54) is 0 Å². The summed E-state index contributed by atoms with van der Waals surface area (Å²) in [7, 11) is 1.61. The lowest BCUT2D eigenvalue weighted by Gasteiger charge is -2.18. The number of rotatable bonds is 5. The largest absolute Gasteiger partial charge is 0.497 e. The van der Waals surface area contributed by atoms with Crippen LogP contribution in [0, 0.1) is 0 Å². The fourth-order valence-corrected chi connectivity index (χ4v) is 3.36. The van der Waals surface area contributed by atoms with Gasteiger partial charge in [-0.2, -0.15) is 0 Å². The van der Waals surface area contributed by atoms with Gasteiger partial charge in [-0.3, -0.25) is 4.79 Å². The van der Waals surface area contributed by atoms with Crippen LogP contribution in [0.3, 0.4) is 0 Å². The Morgan fingerprint density at radius 1 is 1.18 bits per heavy atom. The van der Waals surface area contributed by atoms with Gasteiger partial charge in [0.25, 0.3) is 5.91 Å². The summed E-state index contributed by atoms with van der Waals surface area (Å²) >= 11 is 0. The molecule has 6 nitrogen and oxygen atoms in total. The first kappa shape index (κ1) is 18.1. The summed E-state index contributed by atoms with van der Waals surface area (Å²) in [4.78, 5) is 14.8. The zero-order chi connectivity index (χ0) is 19.5. The normalized spacial score (nSPS) is 16.2. The van der Waals surface area contributed by atoms with Gasteiger partial charge in [0.2, 0.25) is 0 Å². The highest BCUT2D eigenvalue weighted by Gasteiger charge is 2.19. The van der Waals surface area contributed by atoms with Crippen molar-refractivity contribution in [3.05, 3.63) is 66.4 Å². The zero-order valence-corrected chi connectivity index (χ0v) is 15.7. The first-order chi connectivity index (χ1) is 13.6. The molecule has 3 aromatic rings. The Morgan fingerprint density at radius 3 is 2.71 bits per heavy atom. The smallest absolute Gasteiger partial charge is 0.291 e. The van der Waals surface area contributed by atoms with Gasteiger partial charge in [0.05, 0.1) is 7.11 Å². The average Bonchev–Trinajstić information content (AvgIpc) is 3.38. The van der Waals surface area contributed by atoms with Gasteiger partial charge in [-0.1, -0.05) is 12.1 Å². The zero-order valence-electron chi connectivity index (χ0n) is 15.7. The number of benzene rings is 2. The molecule has 3 N–H and O–H groups in total. The van der Waals surface area contributed by atoms with Crippen LogP contribution >= 0.6 is 0 Å². The first-order valence-corrected chi connectivity index (χ1v) is 9.28. The summed E-state index contributed by atoms with van der Waals surface area (Å²) in [6.45, 7) is 1.83. The maximum Gasteiger partial charge on any atom is 0.291 e. The molecule has 1 aromatic heterocycles. The third kappa shape index (κ3) is 3.87. The number of carbonyl (C=O) groups excluding carboxylic acids is 1. The molecule has 1 saturated heterocycles. The molecule has 2 heterocycles. The summed E-state index contributed by atoms with van der Waals surface area (Å²) in [6, 6.07) is 19.0. The van der Waals surface area contributed by atoms with Crippen LogP contribution in [0.25, 0.3) is 11.3 Å². The number of furan rings is 1. The predicted octanol–water partition coefficient (Wildman–Crippen LogP) is 3.74.